The first kappa shape index (κ1) is 13.7. The van der Waals surface area contributed by atoms with E-state index in [9.17, 15) is 4.79 Å². The Morgan fingerprint density at radius 1 is 1.37 bits per heavy atom. The standard InChI is InChI=1S/C14H20N2O3/c1-3-14(4-2,13(15)17)16-8-10-6-5-7-11-12(10)19-9-18-11/h5-7,16H,3-4,8-9H2,1-2H3,(H2,15,17). The van der Waals surface area contributed by atoms with Gasteiger partial charge in [-0.2, -0.15) is 0 Å². The molecule has 0 unspecified atom stereocenters. The molecule has 2 rings (SSSR count). The first-order valence-corrected chi connectivity index (χ1v) is 6.55. The van der Waals surface area contributed by atoms with E-state index in [1.807, 2.05) is 32.0 Å². The van der Waals surface area contributed by atoms with Gasteiger partial charge in [-0.15, -0.1) is 0 Å². The highest BCUT2D eigenvalue weighted by molar-refractivity contribution is 5.84. The van der Waals surface area contributed by atoms with E-state index in [0.29, 0.717) is 19.4 Å². The molecule has 1 aromatic carbocycles. The number of hydrogen-bond acceptors (Lipinski definition) is 4. The lowest BCUT2D eigenvalue weighted by molar-refractivity contribution is -0.124. The minimum Gasteiger partial charge on any atom is -0.454 e. The summed E-state index contributed by atoms with van der Waals surface area (Å²) in [5, 5.41) is 3.27. The summed E-state index contributed by atoms with van der Waals surface area (Å²) < 4.78 is 10.8. The van der Waals surface area contributed by atoms with Crippen molar-refractivity contribution in [3.63, 3.8) is 0 Å². The van der Waals surface area contributed by atoms with Crippen molar-refractivity contribution in [2.75, 3.05) is 6.79 Å². The molecule has 0 spiro atoms. The molecule has 1 aliphatic rings. The van der Waals surface area contributed by atoms with Crippen LogP contribution >= 0.6 is 0 Å². The molecule has 0 saturated carbocycles. The van der Waals surface area contributed by atoms with Crippen LogP contribution in [0.3, 0.4) is 0 Å². The van der Waals surface area contributed by atoms with Crippen molar-refractivity contribution in [3.05, 3.63) is 23.8 Å². The third kappa shape index (κ3) is 2.51. The fourth-order valence-electron chi connectivity index (χ4n) is 2.33. The van der Waals surface area contributed by atoms with Crippen LogP contribution < -0.4 is 20.5 Å². The van der Waals surface area contributed by atoms with Crippen LogP contribution in [0, 0.1) is 0 Å². The molecule has 1 aliphatic heterocycles. The van der Waals surface area contributed by atoms with Crippen LogP contribution in [0.4, 0.5) is 0 Å². The van der Waals surface area contributed by atoms with Gasteiger partial charge in [0.2, 0.25) is 12.7 Å². The highest BCUT2D eigenvalue weighted by atomic mass is 16.7. The highest BCUT2D eigenvalue weighted by Crippen LogP contribution is 2.35. The van der Waals surface area contributed by atoms with Crippen LogP contribution in [0.2, 0.25) is 0 Å². The number of primary amides is 1. The van der Waals surface area contributed by atoms with Gasteiger partial charge in [0.25, 0.3) is 0 Å². The SMILES string of the molecule is CCC(CC)(NCc1cccc2c1OCO2)C(N)=O. The van der Waals surface area contributed by atoms with Gasteiger partial charge >= 0.3 is 0 Å². The zero-order valence-electron chi connectivity index (χ0n) is 11.4. The van der Waals surface area contributed by atoms with Crippen LogP contribution in [-0.4, -0.2) is 18.2 Å². The van der Waals surface area contributed by atoms with Gasteiger partial charge in [-0.05, 0) is 18.9 Å². The summed E-state index contributed by atoms with van der Waals surface area (Å²) in [6.45, 7) is 4.68. The normalized spacial score (nSPS) is 13.6. The summed E-state index contributed by atoms with van der Waals surface area (Å²) in [7, 11) is 0. The molecule has 3 N–H and O–H groups in total. The fraction of sp³-hybridized carbons (Fsp3) is 0.500. The Bertz CT molecular complexity index is 470. The number of ether oxygens (including phenoxy) is 2. The van der Waals surface area contributed by atoms with Gasteiger partial charge in [0.1, 0.15) is 0 Å². The van der Waals surface area contributed by atoms with E-state index >= 15 is 0 Å². The third-order valence-corrected chi connectivity index (χ3v) is 3.77. The molecular formula is C14H20N2O3. The number of rotatable bonds is 6. The lowest BCUT2D eigenvalue weighted by Gasteiger charge is -2.29. The molecule has 0 aliphatic carbocycles. The quantitative estimate of drug-likeness (QED) is 0.817. The van der Waals surface area contributed by atoms with Gasteiger partial charge in [-0.3, -0.25) is 10.1 Å². The second-order valence-corrected chi connectivity index (χ2v) is 4.66. The number of carbonyl (C=O) groups excluding carboxylic acids is 1. The van der Waals surface area contributed by atoms with Crippen molar-refractivity contribution in [3.8, 4) is 11.5 Å². The predicted octanol–water partition coefficient (Wildman–Crippen LogP) is 1.55. The maximum atomic E-state index is 11.6. The lowest BCUT2D eigenvalue weighted by atomic mass is 9.91. The predicted molar refractivity (Wildman–Crippen MR) is 71.9 cm³/mol. The molecule has 0 radical (unpaired) electrons. The number of nitrogens with one attached hydrogen (secondary N) is 1. The first-order chi connectivity index (χ1) is 9.13. The summed E-state index contributed by atoms with van der Waals surface area (Å²) >= 11 is 0. The minimum absolute atomic E-state index is 0.245. The molecule has 0 fully saturated rings. The molecule has 1 heterocycles. The van der Waals surface area contributed by atoms with E-state index < -0.39 is 5.54 Å². The maximum absolute atomic E-state index is 11.6. The van der Waals surface area contributed by atoms with E-state index in [1.165, 1.54) is 0 Å². The molecule has 0 aromatic heterocycles. The second kappa shape index (κ2) is 5.48. The Morgan fingerprint density at radius 3 is 2.74 bits per heavy atom. The molecule has 5 nitrogen and oxygen atoms in total. The Labute approximate surface area is 113 Å². The van der Waals surface area contributed by atoms with Gasteiger partial charge in [-0.25, -0.2) is 0 Å². The molecule has 1 aromatic rings. The first-order valence-electron chi connectivity index (χ1n) is 6.55. The number of nitrogens with two attached hydrogens (primary N) is 1. The largest absolute Gasteiger partial charge is 0.454 e. The molecule has 104 valence electrons. The second-order valence-electron chi connectivity index (χ2n) is 4.66. The van der Waals surface area contributed by atoms with E-state index in [1.54, 1.807) is 0 Å². The zero-order valence-corrected chi connectivity index (χ0v) is 11.4. The van der Waals surface area contributed by atoms with E-state index in [-0.39, 0.29) is 12.7 Å². The molecule has 0 bridgehead atoms. The van der Waals surface area contributed by atoms with E-state index in [2.05, 4.69) is 5.32 Å². The summed E-state index contributed by atoms with van der Waals surface area (Å²) in [6.07, 6.45) is 1.32. The molecule has 0 saturated heterocycles. The minimum atomic E-state index is -0.664. The average molecular weight is 264 g/mol. The maximum Gasteiger partial charge on any atom is 0.237 e. The smallest absolute Gasteiger partial charge is 0.237 e. The van der Waals surface area contributed by atoms with Crippen LogP contribution in [-0.2, 0) is 11.3 Å². The van der Waals surface area contributed by atoms with Gasteiger partial charge in [-0.1, -0.05) is 26.0 Å². The number of benzene rings is 1. The number of fused-ring (bicyclic) bond motifs is 1. The van der Waals surface area contributed by atoms with Gasteiger partial charge in [0, 0.05) is 12.1 Å². The molecule has 0 atom stereocenters. The molecule has 19 heavy (non-hydrogen) atoms. The van der Waals surface area contributed by atoms with Gasteiger partial charge in [0.05, 0.1) is 5.54 Å². The Morgan fingerprint density at radius 2 is 2.11 bits per heavy atom. The van der Waals surface area contributed by atoms with Crippen LogP contribution in [0.5, 0.6) is 11.5 Å². The fourth-order valence-corrected chi connectivity index (χ4v) is 2.33. The van der Waals surface area contributed by atoms with Gasteiger partial charge in [0.15, 0.2) is 11.5 Å². The summed E-state index contributed by atoms with van der Waals surface area (Å²) in [5.74, 6) is 1.18. The van der Waals surface area contributed by atoms with Crippen molar-refractivity contribution >= 4 is 5.91 Å². The average Bonchev–Trinajstić information content (AvgIpc) is 2.89. The molecule has 5 heteroatoms. The third-order valence-electron chi connectivity index (χ3n) is 3.77. The Hall–Kier alpha value is -1.75. The number of carbonyl (C=O) groups is 1. The highest BCUT2D eigenvalue weighted by Gasteiger charge is 2.32. The van der Waals surface area contributed by atoms with Crippen molar-refractivity contribution in [1.29, 1.82) is 0 Å². The van der Waals surface area contributed by atoms with Crippen LogP contribution in [0.25, 0.3) is 0 Å². The molecular weight excluding hydrogens is 244 g/mol. The van der Waals surface area contributed by atoms with E-state index in [4.69, 9.17) is 15.2 Å². The number of hydrogen-bond donors (Lipinski definition) is 2. The summed E-state index contributed by atoms with van der Waals surface area (Å²) in [6, 6.07) is 5.73. The monoisotopic (exact) mass is 264 g/mol. The Balaban J connectivity index is 2.14. The Kier molecular flexibility index (Phi) is 3.95. The summed E-state index contributed by atoms with van der Waals surface area (Å²) in [4.78, 5) is 11.6. The molecule has 1 amide bonds. The van der Waals surface area contributed by atoms with Crippen molar-refractivity contribution < 1.29 is 14.3 Å². The zero-order chi connectivity index (χ0) is 13.9. The number of para-hydroxylation sites is 1. The van der Waals surface area contributed by atoms with Crippen molar-refractivity contribution in [2.24, 2.45) is 5.73 Å². The van der Waals surface area contributed by atoms with Crippen LogP contribution in [0.1, 0.15) is 32.3 Å². The lowest BCUT2D eigenvalue weighted by Crippen LogP contribution is -2.54. The number of amides is 1. The van der Waals surface area contributed by atoms with Crippen molar-refractivity contribution in [1.82, 2.24) is 5.32 Å². The topological polar surface area (TPSA) is 73.6 Å². The van der Waals surface area contributed by atoms with E-state index in [0.717, 1.165) is 17.1 Å². The van der Waals surface area contributed by atoms with Crippen molar-refractivity contribution in [2.45, 2.75) is 38.8 Å². The van der Waals surface area contributed by atoms with Gasteiger partial charge < -0.3 is 15.2 Å². The summed E-state index contributed by atoms with van der Waals surface area (Å²) in [5.41, 5.74) is 5.82. The van der Waals surface area contributed by atoms with Crippen LogP contribution in [0.15, 0.2) is 18.2 Å².